The average molecular weight is 312 g/mol. The number of nitrogen functional groups attached to an aromatic ring is 1. The highest BCUT2D eigenvalue weighted by Gasteiger charge is 2.18. The summed E-state index contributed by atoms with van der Waals surface area (Å²) in [6.07, 6.45) is 5.52. The second-order valence-corrected chi connectivity index (χ2v) is 5.94. The molecule has 18 heavy (non-hydrogen) atoms. The SMILES string of the molecule is CN(CCNc1ccc(N)cc1Br)C1CCCC1. The third kappa shape index (κ3) is 3.62. The standard InChI is InChI=1S/C14H22BrN3/c1-18(12-4-2-3-5-12)9-8-17-14-7-6-11(16)10-13(14)15/h6-7,10,12,17H,2-5,8-9,16H2,1H3. The van der Waals surface area contributed by atoms with Crippen molar-refractivity contribution in [1.82, 2.24) is 4.90 Å². The molecule has 0 aromatic heterocycles. The van der Waals surface area contributed by atoms with E-state index in [1.165, 1.54) is 25.7 Å². The Balaban J connectivity index is 1.77. The fraction of sp³-hybridized carbons (Fsp3) is 0.571. The number of nitrogens with two attached hydrogens (primary N) is 1. The van der Waals surface area contributed by atoms with E-state index >= 15 is 0 Å². The molecule has 1 aliphatic carbocycles. The van der Waals surface area contributed by atoms with Gasteiger partial charge in [0.15, 0.2) is 0 Å². The predicted molar refractivity (Wildman–Crippen MR) is 81.9 cm³/mol. The van der Waals surface area contributed by atoms with E-state index in [0.29, 0.717) is 0 Å². The van der Waals surface area contributed by atoms with Gasteiger partial charge in [-0.05, 0) is 54.0 Å². The maximum Gasteiger partial charge on any atom is 0.0486 e. The van der Waals surface area contributed by atoms with Gasteiger partial charge in [-0.2, -0.15) is 0 Å². The number of hydrogen-bond acceptors (Lipinski definition) is 3. The van der Waals surface area contributed by atoms with Crippen molar-refractivity contribution < 1.29 is 0 Å². The zero-order valence-corrected chi connectivity index (χ0v) is 12.5. The van der Waals surface area contributed by atoms with Crippen LogP contribution in [0.2, 0.25) is 0 Å². The molecule has 1 saturated carbocycles. The van der Waals surface area contributed by atoms with Crippen LogP contribution >= 0.6 is 15.9 Å². The fourth-order valence-electron chi connectivity index (χ4n) is 2.57. The van der Waals surface area contributed by atoms with Gasteiger partial charge in [0.25, 0.3) is 0 Å². The van der Waals surface area contributed by atoms with E-state index in [0.717, 1.165) is 35.0 Å². The van der Waals surface area contributed by atoms with E-state index < -0.39 is 0 Å². The average Bonchev–Trinajstić information content (AvgIpc) is 2.85. The Morgan fingerprint density at radius 2 is 2.11 bits per heavy atom. The second-order valence-electron chi connectivity index (χ2n) is 5.08. The van der Waals surface area contributed by atoms with Gasteiger partial charge in [0.2, 0.25) is 0 Å². The molecule has 0 amide bonds. The molecule has 0 saturated heterocycles. The van der Waals surface area contributed by atoms with Gasteiger partial charge in [-0.3, -0.25) is 0 Å². The molecule has 1 aliphatic rings. The van der Waals surface area contributed by atoms with Gasteiger partial charge in [-0.25, -0.2) is 0 Å². The minimum atomic E-state index is 0.787. The molecule has 0 radical (unpaired) electrons. The largest absolute Gasteiger partial charge is 0.399 e. The molecular formula is C14H22BrN3. The monoisotopic (exact) mass is 311 g/mol. The van der Waals surface area contributed by atoms with Crippen LogP contribution in [0, 0.1) is 0 Å². The molecule has 0 bridgehead atoms. The number of nitrogens with zero attached hydrogens (tertiary/aromatic N) is 1. The Morgan fingerprint density at radius 3 is 2.78 bits per heavy atom. The summed E-state index contributed by atoms with van der Waals surface area (Å²) >= 11 is 3.52. The third-order valence-electron chi connectivity index (χ3n) is 3.72. The molecule has 0 heterocycles. The first kappa shape index (κ1) is 13.7. The lowest BCUT2D eigenvalue weighted by atomic mass is 10.2. The topological polar surface area (TPSA) is 41.3 Å². The van der Waals surface area contributed by atoms with Crippen molar-refractivity contribution in [3.63, 3.8) is 0 Å². The summed E-state index contributed by atoms with van der Waals surface area (Å²) in [5, 5.41) is 3.45. The van der Waals surface area contributed by atoms with Gasteiger partial charge in [0.05, 0.1) is 0 Å². The van der Waals surface area contributed by atoms with Crippen molar-refractivity contribution in [2.75, 3.05) is 31.2 Å². The van der Waals surface area contributed by atoms with Crippen LogP contribution in [0.5, 0.6) is 0 Å². The molecule has 0 atom stereocenters. The van der Waals surface area contributed by atoms with Crippen LogP contribution in [0.1, 0.15) is 25.7 Å². The van der Waals surface area contributed by atoms with Crippen molar-refractivity contribution in [3.05, 3.63) is 22.7 Å². The van der Waals surface area contributed by atoms with Crippen LogP contribution in [0.25, 0.3) is 0 Å². The van der Waals surface area contributed by atoms with Gasteiger partial charge in [-0.15, -0.1) is 0 Å². The molecule has 3 N–H and O–H groups in total. The first-order valence-corrected chi connectivity index (χ1v) is 7.45. The zero-order valence-electron chi connectivity index (χ0n) is 11.0. The van der Waals surface area contributed by atoms with Gasteiger partial charge in [0.1, 0.15) is 0 Å². The molecule has 4 heteroatoms. The summed E-state index contributed by atoms with van der Waals surface area (Å²) < 4.78 is 1.03. The first-order valence-electron chi connectivity index (χ1n) is 6.66. The van der Waals surface area contributed by atoms with Crippen molar-refractivity contribution in [1.29, 1.82) is 0 Å². The van der Waals surface area contributed by atoms with Gasteiger partial charge in [0, 0.05) is 35.0 Å². The number of rotatable bonds is 5. The molecule has 0 aliphatic heterocycles. The van der Waals surface area contributed by atoms with Crippen molar-refractivity contribution in [2.24, 2.45) is 0 Å². The van der Waals surface area contributed by atoms with Crippen LogP contribution in [0.15, 0.2) is 22.7 Å². The Labute approximate surface area is 118 Å². The molecule has 0 spiro atoms. The number of hydrogen-bond donors (Lipinski definition) is 2. The lowest BCUT2D eigenvalue weighted by Crippen LogP contribution is -2.33. The number of benzene rings is 1. The lowest BCUT2D eigenvalue weighted by Gasteiger charge is -2.24. The van der Waals surface area contributed by atoms with Crippen molar-refractivity contribution in [2.45, 2.75) is 31.7 Å². The minimum absolute atomic E-state index is 0.787. The summed E-state index contributed by atoms with van der Waals surface area (Å²) in [6.45, 7) is 2.05. The molecule has 1 aromatic rings. The highest BCUT2D eigenvalue weighted by molar-refractivity contribution is 9.10. The summed E-state index contributed by atoms with van der Waals surface area (Å²) in [4.78, 5) is 2.48. The van der Waals surface area contributed by atoms with E-state index in [9.17, 15) is 0 Å². The number of halogens is 1. The van der Waals surface area contributed by atoms with E-state index in [-0.39, 0.29) is 0 Å². The van der Waals surface area contributed by atoms with Gasteiger partial charge < -0.3 is 16.0 Å². The van der Waals surface area contributed by atoms with Crippen molar-refractivity contribution in [3.8, 4) is 0 Å². The maximum atomic E-state index is 5.72. The third-order valence-corrected chi connectivity index (χ3v) is 4.38. The molecular weight excluding hydrogens is 290 g/mol. The van der Waals surface area contributed by atoms with E-state index in [1.807, 2.05) is 18.2 Å². The highest BCUT2D eigenvalue weighted by Crippen LogP contribution is 2.25. The number of likely N-dealkylation sites (N-methyl/N-ethyl adjacent to an activating group) is 1. The highest BCUT2D eigenvalue weighted by atomic mass is 79.9. The summed E-state index contributed by atoms with van der Waals surface area (Å²) in [6, 6.07) is 6.67. The molecule has 100 valence electrons. The Kier molecular flexibility index (Phi) is 4.89. The van der Waals surface area contributed by atoms with Gasteiger partial charge >= 0.3 is 0 Å². The van der Waals surface area contributed by atoms with Crippen LogP contribution in [0.3, 0.4) is 0 Å². The number of anilines is 2. The van der Waals surface area contributed by atoms with E-state index in [4.69, 9.17) is 5.73 Å². The Bertz CT molecular complexity index is 389. The lowest BCUT2D eigenvalue weighted by molar-refractivity contribution is 0.254. The molecule has 3 nitrogen and oxygen atoms in total. The fourth-order valence-corrected chi connectivity index (χ4v) is 3.11. The number of nitrogens with one attached hydrogen (secondary N) is 1. The van der Waals surface area contributed by atoms with Gasteiger partial charge in [-0.1, -0.05) is 12.8 Å². The van der Waals surface area contributed by atoms with Crippen LogP contribution < -0.4 is 11.1 Å². The van der Waals surface area contributed by atoms with Crippen LogP contribution in [-0.2, 0) is 0 Å². The first-order chi connectivity index (χ1) is 8.66. The minimum Gasteiger partial charge on any atom is -0.399 e. The van der Waals surface area contributed by atoms with E-state index in [2.05, 4.69) is 33.2 Å². The zero-order chi connectivity index (χ0) is 13.0. The summed E-state index contributed by atoms with van der Waals surface area (Å²) in [7, 11) is 2.23. The summed E-state index contributed by atoms with van der Waals surface area (Å²) in [5.74, 6) is 0. The predicted octanol–water partition coefficient (Wildman–Crippen LogP) is 3.32. The molecule has 1 aromatic carbocycles. The normalized spacial score (nSPS) is 16.4. The van der Waals surface area contributed by atoms with E-state index in [1.54, 1.807) is 0 Å². The summed E-state index contributed by atoms with van der Waals surface area (Å²) in [5.41, 5.74) is 7.62. The van der Waals surface area contributed by atoms with Crippen molar-refractivity contribution >= 4 is 27.3 Å². The quantitative estimate of drug-likeness (QED) is 0.820. The molecule has 2 rings (SSSR count). The Morgan fingerprint density at radius 1 is 1.39 bits per heavy atom. The van der Waals surface area contributed by atoms with Crippen LogP contribution in [0.4, 0.5) is 11.4 Å². The Hall–Kier alpha value is -0.740. The molecule has 0 unspecified atom stereocenters. The molecule has 1 fully saturated rings. The maximum absolute atomic E-state index is 5.72. The second kappa shape index (κ2) is 6.43. The van der Waals surface area contributed by atoms with Crippen LogP contribution in [-0.4, -0.2) is 31.1 Å². The smallest absolute Gasteiger partial charge is 0.0486 e.